The number of rotatable bonds is 64. The van der Waals surface area contributed by atoms with Crippen molar-refractivity contribution in [2.24, 2.45) is 0 Å². The fourth-order valence-electron chi connectivity index (χ4n) is 10.3. The number of hydrogen-bond acceptors (Lipinski definition) is 6. The summed E-state index contributed by atoms with van der Waals surface area (Å²) in [5.41, 5.74) is 0. The molecule has 1 atom stereocenters. The van der Waals surface area contributed by atoms with Crippen molar-refractivity contribution in [1.29, 1.82) is 0 Å². The molecule has 6 heteroatoms. The third-order valence-corrected chi connectivity index (χ3v) is 15.6. The van der Waals surface area contributed by atoms with Crippen LogP contribution in [0.3, 0.4) is 0 Å². The van der Waals surface area contributed by atoms with Crippen molar-refractivity contribution in [3.05, 3.63) is 48.6 Å². The van der Waals surface area contributed by atoms with Gasteiger partial charge < -0.3 is 14.2 Å². The van der Waals surface area contributed by atoms with Crippen LogP contribution in [0.5, 0.6) is 0 Å². The molecule has 0 fully saturated rings. The number of carbonyl (C=O) groups is 3. The Balaban J connectivity index is 4.16. The van der Waals surface area contributed by atoms with Crippen LogP contribution >= 0.6 is 0 Å². The first kappa shape index (κ1) is 75.4. The summed E-state index contributed by atoms with van der Waals surface area (Å²) in [5.74, 6) is -0.856. The number of carbonyl (C=O) groups excluding carboxylic acids is 3. The lowest BCUT2D eigenvalue weighted by molar-refractivity contribution is -0.167. The lowest BCUT2D eigenvalue weighted by Gasteiger charge is -2.18. The maximum atomic E-state index is 12.9. The van der Waals surface area contributed by atoms with Gasteiger partial charge in [0.25, 0.3) is 0 Å². The summed E-state index contributed by atoms with van der Waals surface area (Å²) in [5, 5.41) is 0. The van der Waals surface area contributed by atoms with E-state index < -0.39 is 6.10 Å². The third-order valence-electron chi connectivity index (χ3n) is 15.6. The monoisotopic (exact) mass is 1090 g/mol. The smallest absolute Gasteiger partial charge is 0.306 e. The molecule has 0 aliphatic carbocycles. The zero-order chi connectivity index (χ0) is 56.4. The molecule has 6 nitrogen and oxygen atoms in total. The SMILES string of the molecule is CCCCCCC/C=C\C/C=C\C/C=C\CCCCCCCCCCCCCCCCCCC(=O)OCC(COC(=O)CCCCCCCCCCCCCCC)OC(=O)CCCCCCC/C=C\CCCCCCCCC. The van der Waals surface area contributed by atoms with Gasteiger partial charge in [-0.15, -0.1) is 0 Å². The zero-order valence-corrected chi connectivity index (χ0v) is 52.5. The van der Waals surface area contributed by atoms with Crippen LogP contribution in [0.1, 0.15) is 374 Å². The minimum atomic E-state index is -0.775. The van der Waals surface area contributed by atoms with Crippen LogP contribution in [-0.4, -0.2) is 37.2 Å². The molecule has 0 rings (SSSR count). The van der Waals surface area contributed by atoms with E-state index >= 15 is 0 Å². The molecule has 0 aliphatic heterocycles. The van der Waals surface area contributed by atoms with Gasteiger partial charge in [0.15, 0.2) is 6.10 Å². The lowest BCUT2D eigenvalue weighted by atomic mass is 10.0. The molecule has 0 N–H and O–H groups in total. The van der Waals surface area contributed by atoms with Crippen molar-refractivity contribution in [2.45, 2.75) is 380 Å². The van der Waals surface area contributed by atoms with Gasteiger partial charge in [0.2, 0.25) is 0 Å². The van der Waals surface area contributed by atoms with Crippen molar-refractivity contribution in [2.75, 3.05) is 13.2 Å². The first-order chi connectivity index (χ1) is 38.5. The molecule has 0 aromatic heterocycles. The van der Waals surface area contributed by atoms with Crippen molar-refractivity contribution in [1.82, 2.24) is 0 Å². The average Bonchev–Trinajstić information content (AvgIpc) is 3.44. The summed E-state index contributed by atoms with van der Waals surface area (Å²) >= 11 is 0. The molecule has 0 bridgehead atoms. The quantitative estimate of drug-likeness (QED) is 0.0261. The first-order valence-electron chi connectivity index (χ1n) is 34.6. The maximum absolute atomic E-state index is 12.9. The summed E-state index contributed by atoms with van der Waals surface area (Å²) < 4.78 is 17.0. The number of ether oxygens (including phenoxy) is 3. The highest BCUT2D eigenvalue weighted by atomic mass is 16.6. The van der Waals surface area contributed by atoms with Gasteiger partial charge in [-0.05, 0) is 83.5 Å². The fourth-order valence-corrected chi connectivity index (χ4v) is 10.3. The van der Waals surface area contributed by atoms with E-state index in [0.29, 0.717) is 19.3 Å². The number of hydrogen-bond donors (Lipinski definition) is 0. The minimum Gasteiger partial charge on any atom is -0.462 e. The van der Waals surface area contributed by atoms with E-state index in [0.717, 1.165) is 77.0 Å². The fraction of sp³-hybridized carbons (Fsp3) is 0.847. The van der Waals surface area contributed by atoms with E-state index in [1.54, 1.807) is 0 Å². The molecule has 0 saturated carbocycles. The predicted octanol–water partition coefficient (Wildman–Crippen LogP) is 23.7. The molecular weight excluding hydrogens is 961 g/mol. The first-order valence-corrected chi connectivity index (χ1v) is 34.6. The molecule has 0 aromatic rings. The van der Waals surface area contributed by atoms with E-state index in [1.165, 1.54) is 257 Å². The highest BCUT2D eigenvalue weighted by Crippen LogP contribution is 2.18. The van der Waals surface area contributed by atoms with Crippen LogP contribution in [0.25, 0.3) is 0 Å². The van der Waals surface area contributed by atoms with E-state index in [1.807, 2.05) is 0 Å². The molecule has 0 aromatic carbocycles. The van der Waals surface area contributed by atoms with Gasteiger partial charge in [-0.25, -0.2) is 0 Å². The highest BCUT2D eigenvalue weighted by molar-refractivity contribution is 5.71. The Bertz CT molecular complexity index is 1350. The van der Waals surface area contributed by atoms with Crippen molar-refractivity contribution in [3.8, 4) is 0 Å². The number of esters is 3. The summed E-state index contributed by atoms with van der Waals surface area (Å²) in [6.45, 7) is 6.67. The van der Waals surface area contributed by atoms with Crippen molar-refractivity contribution < 1.29 is 28.6 Å². The van der Waals surface area contributed by atoms with E-state index in [2.05, 4.69) is 69.4 Å². The standard InChI is InChI=1S/C72H132O6/c1-4-7-10-13-16-19-22-25-27-29-30-31-32-33-34-35-36-37-38-39-40-41-42-43-45-47-50-53-56-59-62-65-71(74)77-68-69(67-76-70(73)64-61-58-55-52-49-46-24-21-18-15-12-9-6-3)78-72(75)66-63-60-57-54-51-48-44-28-26-23-20-17-14-11-8-5-2/h22,25,28-30,32-33,44,69H,4-21,23-24,26-27,31,34-43,45-68H2,1-3H3/b25-22-,30-29-,33-32-,44-28-. The summed E-state index contributed by atoms with van der Waals surface area (Å²) in [6.07, 6.45) is 84.2. The van der Waals surface area contributed by atoms with E-state index in [9.17, 15) is 14.4 Å². The molecule has 1 unspecified atom stereocenters. The molecule has 78 heavy (non-hydrogen) atoms. The highest BCUT2D eigenvalue weighted by Gasteiger charge is 2.19. The van der Waals surface area contributed by atoms with Gasteiger partial charge >= 0.3 is 17.9 Å². The second-order valence-electron chi connectivity index (χ2n) is 23.4. The van der Waals surface area contributed by atoms with Crippen LogP contribution in [0.4, 0.5) is 0 Å². The second kappa shape index (κ2) is 66.9. The van der Waals surface area contributed by atoms with Gasteiger partial charge in [0, 0.05) is 19.3 Å². The van der Waals surface area contributed by atoms with Gasteiger partial charge in [-0.1, -0.05) is 320 Å². The Kier molecular flexibility index (Phi) is 64.6. The van der Waals surface area contributed by atoms with Crippen LogP contribution in [0.2, 0.25) is 0 Å². The Morgan fingerprint density at radius 3 is 0.731 bits per heavy atom. The van der Waals surface area contributed by atoms with Gasteiger partial charge in [0.1, 0.15) is 13.2 Å². The van der Waals surface area contributed by atoms with Crippen molar-refractivity contribution >= 4 is 17.9 Å². The summed E-state index contributed by atoms with van der Waals surface area (Å²) in [4.78, 5) is 38.3. The number of unbranched alkanes of at least 4 members (excludes halogenated alkanes) is 45. The van der Waals surface area contributed by atoms with Gasteiger partial charge in [0.05, 0.1) is 0 Å². The van der Waals surface area contributed by atoms with Crippen molar-refractivity contribution in [3.63, 3.8) is 0 Å². The van der Waals surface area contributed by atoms with E-state index in [-0.39, 0.29) is 31.1 Å². The van der Waals surface area contributed by atoms with Gasteiger partial charge in [-0.3, -0.25) is 14.4 Å². The Morgan fingerprint density at radius 2 is 0.462 bits per heavy atom. The molecule has 0 heterocycles. The predicted molar refractivity (Wildman–Crippen MR) is 339 cm³/mol. The third kappa shape index (κ3) is 64.2. The molecule has 0 amide bonds. The summed E-state index contributed by atoms with van der Waals surface area (Å²) in [6, 6.07) is 0. The molecule has 0 saturated heterocycles. The zero-order valence-electron chi connectivity index (χ0n) is 52.5. The molecule has 0 spiro atoms. The van der Waals surface area contributed by atoms with E-state index in [4.69, 9.17) is 14.2 Å². The Morgan fingerprint density at radius 1 is 0.256 bits per heavy atom. The Labute approximate surface area is 486 Å². The van der Waals surface area contributed by atoms with Gasteiger partial charge in [-0.2, -0.15) is 0 Å². The van der Waals surface area contributed by atoms with Crippen LogP contribution in [-0.2, 0) is 28.6 Å². The summed E-state index contributed by atoms with van der Waals surface area (Å²) in [7, 11) is 0. The molecular formula is C72H132O6. The maximum Gasteiger partial charge on any atom is 0.306 e. The van der Waals surface area contributed by atoms with Crippen LogP contribution in [0.15, 0.2) is 48.6 Å². The van der Waals surface area contributed by atoms with Crippen LogP contribution < -0.4 is 0 Å². The van der Waals surface area contributed by atoms with Crippen LogP contribution in [0, 0.1) is 0 Å². The topological polar surface area (TPSA) is 78.9 Å². The Hall–Kier alpha value is -2.63. The number of allylic oxidation sites excluding steroid dienone is 8. The molecule has 0 aliphatic rings. The molecule has 456 valence electrons. The molecule has 0 radical (unpaired) electrons. The lowest BCUT2D eigenvalue weighted by Crippen LogP contribution is -2.30. The largest absolute Gasteiger partial charge is 0.462 e. The average molecular weight is 1090 g/mol. The normalized spacial score (nSPS) is 12.3. The minimum absolute atomic E-state index is 0.0711. The second-order valence-corrected chi connectivity index (χ2v) is 23.4.